The maximum absolute atomic E-state index is 18.1. The summed E-state index contributed by atoms with van der Waals surface area (Å²) in [5, 5.41) is 1.78. The maximum atomic E-state index is 18.1. The Morgan fingerprint density at radius 3 is 2.44 bits per heavy atom. The number of aromatic nitrogens is 3. The van der Waals surface area contributed by atoms with Crippen LogP contribution in [-0.4, -0.2) is 101 Å². The molecule has 4 fully saturated rings. The lowest BCUT2D eigenvalue weighted by Crippen LogP contribution is -2.64. The minimum atomic E-state index is -2.29. The SMILES string of the molecule is CC[C@H]1Cc2nc(-c3cccc4ccc(F)c(C#C[Si](C(C)C)(C(C)C)C(C)C)c34)c(F)c3nc(OC[C@@]45CCCN4C[C@H](F)C5)nc(c23)N2C[C@H]3CC[C@@H]([C@H]12)N3C(=O)OC(C)(C)C. The summed E-state index contributed by atoms with van der Waals surface area (Å²) >= 11 is 0. The van der Waals surface area contributed by atoms with E-state index >= 15 is 8.78 Å². The molecule has 9 rings (SSSR count). The van der Waals surface area contributed by atoms with E-state index in [4.69, 9.17) is 24.4 Å². The summed E-state index contributed by atoms with van der Waals surface area (Å²) in [6, 6.07) is 8.31. The molecular weight excluding hydrogens is 830 g/mol. The van der Waals surface area contributed by atoms with Crippen LogP contribution < -0.4 is 9.64 Å². The summed E-state index contributed by atoms with van der Waals surface area (Å²) in [6.45, 7) is 23.0. The molecule has 0 radical (unpaired) electrons. The molecule has 4 saturated heterocycles. The number of carbonyl (C=O) groups is 1. The third kappa shape index (κ3) is 7.33. The predicted octanol–water partition coefficient (Wildman–Crippen LogP) is 11.2. The molecule has 2 bridgehead atoms. The van der Waals surface area contributed by atoms with Crippen molar-refractivity contribution in [3.05, 3.63) is 53.2 Å². The Kier molecular flexibility index (Phi) is 11.5. The van der Waals surface area contributed by atoms with Crippen molar-refractivity contribution in [3.8, 4) is 28.7 Å². The second kappa shape index (κ2) is 16.5. The fourth-order valence-electron chi connectivity index (χ4n) is 12.9. The van der Waals surface area contributed by atoms with Crippen LogP contribution in [0, 0.1) is 29.0 Å². The second-order valence-electron chi connectivity index (χ2n) is 21.3. The molecule has 6 atom stereocenters. The van der Waals surface area contributed by atoms with E-state index in [1.54, 1.807) is 6.07 Å². The smallest absolute Gasteiger partial charge is 0.410 e. The number of hydrogen-bond acceptors (Lipinski definition) is 8. The largest absolute Gasteiger partial charge is 0.461 e. The topological polar surface area (TPSA) is 83.9 Å². The van der Waals surface area contributed by atoms with Gasteiger partial charge in [-0.05, 0) is 93.4 Å². The highest BCUT2D eigenvalue weighted by Gasteiger charge is 2.54. The van der Waals surface area contributed by atoms with E-state index in [2.05, 4.69) is 69.7 Å². The number of ether oxygens (including phenoxy) is 2. The number of alkyl halides is 1. The minimum absolute atomic E-state index is 0.0000467. The molecule has 1 amide bonds. The van der Waals surface area contributed by atoms with Gasteiger partial charge in [-0.3, -0.25) is 9.80 Å². The number of hydrogen-bond donors (Lipinski definition) is 0. The van der Waals surface area contributed by atoms with Crippen LogP contribution in [0.1, 0.15) is 119 Å². The number of fused-ring (bicyclic) bond motifs is 7. The van der Waals surface area contributed by atoms with Crippen molar-refractivity contribution in [1.82, 2.24) is 24.8 Å². The maximum Gasteiger partial charge on any atom is 0.410 e. The molecule has 7 heterocycles. The third-order valence-corrected chi connectivity index (χ3v) is 21.9. The van der Waals surface area contributed by atoms with Gasteiger partial charge < -0.3 is 14.4 Å². The number of halogens is 3. The number of carbonyl (C=O) groups excluding carboxylic acids is 1. The van der Waals surface area contributed by atoms with Crippen LogP contribution in [0.5, 0.6) is 6.01 Å². The number of piperazine rings is 1. The fourth-order valence-corrected chi connectivity index (χ4v) is 18.1. The average Bonchev–Trinajstić information content (AvgIpc) is 3.84. The van der Waals surface area contributed by atoms with E-state index < -0.39 is 37.0 Å². The number of rotatable bonds is 8. The van der Waals surface area contributed by atoms with Gasteiger partial charge in [0.15, 0.2) is 5.82 Å². The molecule has 9 nitrogen and oxygen atoms in total. The number of anilines is 1. The van der Waals surface area contributed by atoms with Crippen molar-refractivity contribution in [3.63, 3.8) is 0 Å². The lowest BCUT2D eigenvalue weighted by Gasteiger charge is -2.49. The average molecular weight is 895 g/mol. The highest BCUT2D eigenvalue weighted by atomic mass is 28.3. The molecule has 0 aliphatic carbocycles. The van der Waals surface area contributed by atoms with Crippen LogP contribution >= 0.6 is 0 Å². The Hall–Kier alpha value is -4.41. The lowest BCUT2D eigenvalue weighted by atomic mass is 9.85. The first-order valence-electron chi connectivity index (χ1n) is 23.8. The van der Waals surface area contributed by atoms with Gasteiger partial charge >= 0.3 is 12.1 Å². The second-order valence-corrected chi connectivity index (χ2v) is 26.9. The minimum Gasteiger partial charge on any atom is -0.461 e. The van der Waals surface area contributed by atoms with Crippen LogP contribution in [-0.2, 0) is 11.2 Å². The van der Waals surface area contributed by atoms with Gasteiger partial charge in [-0.25, -0.2) is 22.9 Å². The molecule has 0 saturated carbocycles. The van der Waals surface area contributed by atoms with Gasteiger partial charge in [0.1, 0.15) is 49.3 Å². The molecule has 0 N–H and O–H groups in total. The molecule has 0 spiro atoms. The predicted molar refractivity (Wildman–Crippen MR) is 250 cm³/mol. The van der Waals surface area contributed by atoms with Crippen LogP contribution in [0.3, 0.4) is 0 Å². The van der Waals surface area contributed by atoms with Gasteiger partial charge in [0.2, 0.25) is 0 Å². The Morgan fingerprint density at radius 1 is 0.984 bits per heavy atom. The quantitative estimate of drug-likeness (QED) is 0.128. The molecule has 0 unspecified atom stereocenters. The van der Waals surface area contributed by atoms with E-state index in [1.165, 1.54) is 6.07 Å². The Bertz CT molecular complexity index is 2530. The normalized spacial score (nSPS) is 25.6. The van der Waals surface area contributed by atoms with E-state index in [9.17, 15) is 9.18 Å². The van der Waals surface area contributed by atoms with E-state index in [-0.39, 0.29) is 59.5 Å². The Morgan fingerprint density at radius 2 is 1.73 bits per heavy atom. The standard InChI is InChI=1S/C51H65F3N6O3Si/c1-11-32-24-39-42-45(43(54)44(55-39)37-15-12-14-33-16-18-38(53)36(41(33)37)20-23-64(29(2)3,30(4)5)31(6)7)56-48(62-28-51-21-13-22-58(51)26-34(52)25-51)57-47(42)59-27-35-17-19-40(46(32)59)60(35)49(61)63-50(8,9)10/h12,14-16,18,29-32,34-35,40,46H,11,13,17,19,21-22,24-28H2,1-10H3/t32-,34+,35+,40-,46-,51-/m0/s1. The number of benzene rings is 2. The van der Waals surface area contributed by atoms with Crippen LogP contribution in [0.15, 0.2) is 30.3 Å². The number of nitrogens with zero attached hydrogens (tertiary/aromatic N) is 6. The first kappa shape index (κ1) is 44.8. The molecule has 13 heteroatoms. The molecule has 64 heavy (non-hydrogen) atoms. The van der Waals surface area contributed by atoms with Gasteiger partial charge in [-0.1, -0.05) is 85.1 Å². The van der Waals surface area contributed by atoms with Crippen LogP contribution in [0.25, 0.3) is 32.9 Å². The highest BCUT2D eigenvalue weighted by Crippen LogP contribution is 2.48. The third-order valence-electron chi connectivity index (χ3n) is 15.6. The van der Waals surface area contributed by atoms with Gasteiger partial charge in [-0.2, -0.15) is 9.97 Å². The fraction of sp³-hybridized carbons (Fsp3) is 0.608. The van der Waals surface area contributed by atoms with Crippen molar-refractivity contribution in [1.29, 1.82) is 0 Å². The monoisotopic (exact) mass is 894 g/mol. The molecule has 2 aromatic heterocycles. The Balaban J connectivity index is 1.24. The van der Waals surface area contributed by atoms with E-state index in [1.807, 2.05) is 43.9 Å². The highest BCUT2D eigenvalue weighted by molar-refractivity contribution is 6.90. The van der Waals surface area contributed by atoms with Gasteiger partial charge in [0.05, 0.1) is 40.3 Å². The van der Waals surface area contributed by atoms with Crippen LogP contribution in [0.2, 0.25) is 16.6 Å². The van der Waals surface area contributed by atoms with Crippen molar-refractivity contribution in [2.24, 2.45) is 5.92 Å². The van der Waals surface area contributed by atoms with E-state index in [0.29, 0.717) is 70.4 Å². The summed E-state index contributed by atoms with van der Waals surface area (Å²) in [5.74, 6) is 2.83. The molecule has 342 valence electrons. The Labute approximate surface area is 377 Å². The zero-order chi connectivity index (χ0) is 45.6. The number of pyridine rings is 1. The van der Waals surface area contributed by atoms with Crippen molar-refractivity contribution in [2.45, 2.75) is 166 Å². The van der Waals surface area contributed by atoms with Crippen molar-refractivity contribution >= 4 is 41.7 Å². The first-order chi connectivity index (χ1) is 30.4. The van der Waals surface area contributed by atoms with Gasteiger partial charge in [0.25, 0.3) is 0 Å². The van der Waals surface area contributed by atoms with Crippen LogP contribution in [0.4, 0.5) is 23.8 Å². The van der Waals surface area contributed by atoms with Crippen molar-refractivity contribution < 1.29 is 27.4 Å². The van der Waals surface area contributed by atoms with E-state index in [0.717, 1.165) is 44.0 Å². The van der Waals surface area contributed by atoms with Gasteiger partial charge in [-0.15, -0.1) is 5.54 Å². The van der Waals surface area contributed by atoms with Crippen molar-refractivity contribution in [2.75, 3.05) is 31.1 Å². The molecule has 4 aromatic rings. The number of amides is 1. The summed E-state index contributed by atoms with van der Waals surface area (Å²) in [6.07, 6.45) is 3.71. The molecular formula is C51H65F3N6O3Si. The lowest BCUT2D eigenvalue weighted by molar-refractivity contribution is 0.00426. The zero-order valence-electron chi connectivity index (χ0n) is 39.3. The summed E-state index contributed by atoms with van der Waals surface area (Å²) in [7, 11) is -2.29. The summed E-state index contributed by atoms with van der Waals surface area (Å²) in [4.78, 5) is 35.6. The zero-order valence-corrected chi connectivity index (χ0v) is 40.3. The first-order valence-corrected chi connectivity index (χ1v) is 26.0. The summed E-state index contributed by atoms with van der Waals surface area (Å²) < 4.78 is 61.9. The molecule has 5 aliphatic rings. The molecule has 5 aliphatic heterocycles. The summed E-state index contributed by atoms with van der Waals surface area (Å²) in [5.41, 5.74) is 5.08. The molecule has 2 aromatic carbocycles. The van der Waals surface area contributed by atoms with Gasteiger partial charge in [0, 0.05) is 30.5 Å².